The fourth-order valence-electron chi connectivity index (χ4n) is 4.51. The van der Waals surface area contributed by atoms with Gasteiger partial charge in [0.15, 0.2) is 0 Å². The van der Waals surface area contributed by atoms with E-state index in [-0.39, 0.29) is 24.8 Å². The lowest BCUT2D eigenvalue weighted by Crippen LogP contribution is -2.43. The van der Waals surface area contributed by atoms with E-state index in [0.29, 0.717) is 17.4 Å². The lowest BCUT2D eigenvalue weighted by Gasteiger charge is -2.38. The number of anilines is 2. The third-order valence-electron chi connectivity index (χ3n) is 6.33. The first kappa shape index (κ1) is 23.5. The van der Waals surface area contributed by atoms with Crippen molar-refractivity contribution in [1.82, 2.24) is 10.2 Å². The maximum absolute atomic E-state index is 15.0. The topological polar surface area (TPSA) is 65.1 Å². The summed E-state index contributed by atoms with van der Waals surface area (Å²) >= 11 is 1.84. The van der Waals surface area contributed by atoms with E-state index < -0.39 is 12.2 Å². The largest absolute Gasteiger partial charge is 0.442 e. The van der Waals surface area contributed by atoms with Gasteiger partial charge in [-0.25, -0.2) is 9.18 Å². The number of amides is 2. The van der Waals surface area contributed by atoms with Crippen molar-refractivity contribution in [3.05, 3.63) is 45.9 Å². The number of hydrogen-bond donors (Lipinski definition) is 1. The summed E-state index contributed by atoms with van der Waals surface area (Å²) in [7, 11) is 2.17. The van der Waals surface area contributed by atoms with E-state index in [1.807, 2.05) is 11.3 Å². The number of cyclic esters (lactones) is 1. The van der Waals surface area contributed by atoms with Gasteiger partial charge in [0, 0.05) is 42.4 Å². The standard InChI is InChI=1S/C24H31FN4O3S/c1-16-4-6-21(33-16)15-27(3)18-8-10-28(11-9-18)23-7-5-19(12-22(23)25)29-14-20(32-24(29)31)13-26-17(2)30/h4-7,12,18,20H,8-11,13-15H2,1-3H3,(H,26,30)/t20-/m0/s1. The van der Waals surface area contributed by atoms with Crippen LogP contribution in [-0.4, -0.2) is 62.3 Å². The molecule has 1 N–H and O–H groups in total. The summed E-state index contributed by atoms with van der Waals surface area (Å²) in [6.07, 6.45) is 0.983. The van der Waals surface area contributed by atoms with Gasteiger partial charge in [-0.3, -0.25) is 14.6 Å². The molecule has 178 valence electrons. The fourth-order valence-corrected chi connectivity index (χ4v) is 5.46. The Morgan fingerprint density at radius 3 is 2.67 bits per heavy atom. The molecule has 7 nitrogen and oxygen atoms in total. The molecule has 3 heterocycles. The van der Waals surface area contributed by atoms with Crippen LogP contribution in [0.3, 0.4) is 0 Å². The van der Waals surface area contributed by atoms with Gasteiger partial charge in [0.1, 0.15) is 11.9 Å². The molecule has 33 heavy (non-hydrogen) atoms. The van der Waals surface area contributed by atoms with Crippen LogP contribution in [0, 0.1) is 12.7 Å². The number of thiophene rings is 1. The molecule has 0 aliphatic carbocycles. The van der Waals surface area contributed by atoms with E-state index in [9.17, 15) is 9.59 Å². The van der Waals surface area contributed by atoms with E-state index in [4.69, 9.17) is 4.74 Å². The van der Waals surface area contributed by atoms with Crippen LogP contribution in [0.15, 0.2) is 30.3 Å². The van der Waals surface area contributed by atoms with Gasteiger partial charge in [0.25, 0.3) is 0 Å². The molecular formula is C24H31FN4O3S. The third kappa shape index (κ3) is 5.65. The predicted molar refractivity (Wildman–Crippen MR) is 128 cm³/mol. The van der Waals surface area contributed by atoms with Gasteiger partial charge in [-0.1, -0.05) is 0 Å². The van der Waals surface area contributed by atoms with E-state index in [1.165, 1.54) is 27.6 Å². The van der Waals surface area contributed by atoms with Gasteiger partial charge in [-0.2, -0.15) is 0 Å². The van der Waals surface area contributed by atoms with Gasteiger partial charge in [-0.15, -0.1) is 11.3 Å². The van der Waals surface area contributed by atoms with Crippen molar-refractivity contribution in [2.75, 3.05) is 43.0 Å². The molecule has 1 aromatic heterocycles. The Labute approximate surface area is 198 Å². The van der Waals surface area contributed by atoms with Crippen molar-refractivity contribution < 1.29 is 18.7 Å². The van der Waals surface area contributed by atoms with Gasteiger partial charge in [0.05, 0.1) is 24.5 Å². The van der Waals surface area contributed by atoms with Crippen molar-refractivity contribution >= 4 is 34.7 Å². The maximum Gasteiger partial charge on any atom is 0.414 e. The number of nitrogens with one attached hydrogen (secondary N) is 1. The van der Waals surface area contributed by atoms with Crippen LogP contribution in [0.25, 0.3) is 0 Å². The third-order valence-corrected chi connectivity index (χ3v) is 7.31. The highest BCUT2D eigenvalue weighted by Gasteiger charge is 2.33. The smallest absolute Gasteiger partial charge is 0.414 e. The van der Waals surface area contributed by atoms with E-state index >= 15 is 4.39 Å². The molecule has 2 aliphatic rings. The highest BCUT2D eigenvalue weighted by atomic mass is 32.1. The molecular weight excluding hydrogens is 443 g/mol. The summed E-state index contributed by atoms with van der Waals surface area (Å²) in [5, 5.41) is 2.64. The molecule has 1 atom stereocenters. The number of carbonyl (C=O) groups excluding carboxylic acids is 2. The number of ether oxygens (including phenoxy) is 1. The van der Waals surface area contributed by atoms with E-state index in [2.05, 4.69) is 41.2 Å². The van der Waals surface area contributed by atoms with Gasteiger partial charge in [-0.05, 0) is 57.1 Å². The van der Waals surface area contributed by atoms with Crippen LogP contribution in [0.5, 0.6) is 0 Å². The molecule has 0 radical (unpaired) electrons. The molecule has 1 aromatic carbocycles. The second kappa shape index (κ2) is 10.1. The van der Waals surface area contributed by atoms with E-state index in [0.717, 1.165) is 32.5 Å². The minimum absolute atomic E-state index is 0.184. The van der Waals surface area contributed by atoms with Crippen molar-refractivity contribution in [1.29, 1.82) is 0 Å². The first-order chi connectivity index (χ1) is 15.8. The average Bonchev–Trinajstić information content (AvgIpc) is 3.37. The van der Waals surface area contributed by atoms with Gasteiger partial charge in [0.2, 0.25) is 5.91 Å². The Bertz CT molecular complexity index is 1010. The number of rotatable bonds is 7. The Morgan fingerprint density at radius 1 is 1.27 bits per heavy atom. The molecule has 2 aromatic rings. The molecule has 0 unspecified atom stereocenters. The molecule has 2 fully saturated rings. The number of carbonyl (C=O) groups is 2. The minimum Gasteiger partial charge on any atom is -0.442 e. The van der Waals surface area contributed by atoms with Crippen molar-refractivity contribution in [3.8, 4) is 0 Å². The summed E-state index contributed by atoms with van der Waals surface area (Å²) in [5.74, 6) is -0.525. The second-order valence-corrected chi connectivity index (χ2v) is 10.2. The number of halogens is 1. The van der Waals surface area contributed by atoms with Crippen LogP contribution in [0.4, 0.5) is 20.6 Å². The number of aryl methyl sites for hydroxylation is 1. The molecule has 2 aliphatic heterocycles. The normalized spacial score (nSPS) is 19.3. The summed E-state index contributed by atoms with van der Waals surface area (Å²) in [6.45, 7) is 6.59. The first-order valence-electron chi connectivity index (χ1n) is 11.3. The zero-order valence-electron chi connectivity index (χ0n) is 19.3. The molecule has 0 spiro atoms. The number of benzene rings is 1. The first-order valence-corrected chi connectivity index (χ1v) is 12.1. The zero-order chi connectivity index (χ0) is 23.5. The number of hydrogen-bond acceptors (Lipinski definition) is 6. The van der Waals surface area contributed by atoms with Gasteiger partial charge < -0.3 is 15.0 Å². The van der Waals surface area contributed by atoms with Crippen LogP contribution < -0.4 is 15.1 Å². The van der Waals surface area contributed by atoms with Crippen LogP contribution in [0.2, 0.25) is 0 Å². The van der Waals surface area contributed by atoms with Crippen LogP contribution >= 0.6 is 11.3 Å². The number of nitrogens with zero attached hydrogens (tertiary/aromatic N) is 3. The lowest BCUT2D eigenvalue weighted by atomic mass is 10.0. The molecule has 9 heteroatoms. The highest BCUT2D eigenvalue weighted by molar-refractivity contribution is 7.11. The Kier molecular flexibility index (Phi) is 7.19. The molecule has 2 amide bonds. The lowest BCUT2D eigenvalue weighted by molar-refractivity contribution is -0.119. The second-order valence-electron chi connectivity index (χ2n) is 8.83. The molecule has 0 bridgehead atoms. The fraction of sp³-hybridized carbons (Fsp3) is 0.500. The quantitative estimate of drug-likeness (QED) is 0.662. The van der Waals surface area contributed by atoms with Crippen molar-refractivity contribution in [3.63, 3.8) is 0 Å². The zero-order valence-corrected chi connectivity index (χ0v) is 20.2. The average molecular weight is 475 g/mol. The van der Waals surface area contributed by atoms with Crippen LogP contribution in [0.1, 0.15) is 29.5 Å². The van der Waals surface area contributed by atoms with Crippen molar-refractivity contribution in [2.45, 2.75) is 45.4 Å². The summed E-state index contributed by atoms with van der Waals surface area (Å²) < 4.78 is 20.3. The summed E-state index contributed by atoms with van der Waals surface area (Å²) in [4.78, 5) is 31.9. The molecule has 0 saturated carbocycles. The van der Waals surface area contributed by atoms with Crippen molar-refractivity contribution in [2.24, 2.45) is 0 Å². The SMILES string of the molecule is CC(=O)NC[C@H]1CN(c2ccc(N3CCC(N(C)Cc4ccc(C)s4)CC3)c(F)c2)C(=O)O1. The Morgan fingerprint density at radius 2 is 2.03 bits per heavy atom. The summed E-state index contributed by atoms with van der Waals surface area (Å²) in [6, 6.07) is 9.74. The van der Waals surface area contributed by atoms with Crippen LogP contribution in [-0.2, 0) is 16.1 Å². The number of piperidine rings is 1. The summed E-state index contributed by atoms with van der Waals surface area (Å²) in [5.41, 5.74) is 1.03. The Balaban J connectivity index is 1.33. The van der Waals surface area contributed by atoms with E-state index in [1.54, 1.807) is 12.1 Å². The van der Waals surface area contributed by atoms with Gasteiger partial charge >= 0.3 is 6.09 Å². The highest BCUT2D eigenvalue weighted by Crippen LogP contribution is 2.30. The molecule has 2 saturated heterocycles. The minimum atomic E-state index is -0.526. The maximum atomic E-state index is 15.0. The monoisotopic (exact) mass is 474 g/mol. The Hall–Kier alpha value is -2.65. The predicted octanol–water partition coefficient (Wildman–Crippen LogP) is 3.76. The molecule has 4 rings (SSSR count).